The lowest BCUT2D eigenvalue weighted by molar-refractivity contribution is -0.132. The van der Waals surface area contributed by atoms with E-state index in [0.29, 0.717) is 124 Å². The topological polar surface area (TPSA) is 263 Å². The zero-order chi connectivity index (χ0) is 101. The molecule has 24 nitrogen and oxygen atoms in total. The first-order valence-electron chi connectivity index (χ1n) is 54.0. The predicted octanol–water partition coefficient (Wildman–Crippen LogP) is 22.2. The first-order chi connectivity index (χ1) is 71.5. The summed E-state index contributed by atoms with van der Waals surface area (Å²) in [5.74, 6) is 1.59. The molecule has 2 saturated carbocycles. The van der Waals surface area contributed by atoms with Crippen molar-refractivity contribution in [2.45, 2.75) is 239 Å². The Morgan fingerprint density at radius 3 is 1.24 bits per heavy atom. The Morgan fingerprint density at radius 2 is 0.803 bits per heavy atom. The van der Waals surface area contributed by atoms with Gasteiger partial charge in [0.05, 0.1) is 13.3 Å². The van der Waals surface area contributed by atoms with Crippen molar-refractivity contribution < 1.29 is 56.3 Å². The Kier molecular flexibility index (Phi) is 33.3. The van der Waals surface area contributed by atoms with Crippen LogP contribution in [0.15, 0.2) is 231 Å². The van der Waals surface area contributed by atoms with E-state index in [1.165, 1.54) is 85.3 Å². The Morgan fingerprint density at radius 1 is 0.408 bits per heavy atom. The zero-order valence-electron chi connectivity index (χ0n) is 84.8. The van der Waals surface area contributed by atoms with Crippen molar-refractivity contribution >= 4 is 92.7 Å². The van der Waals surface area contributed by atoms with Gasteiger partial charge in [0.2, 0.25) is 11.8 Å². The molecule has 4 bridgehead atoms. The molecule has 147 heavy (non-hydrogen) atoms. The largest absolute Gasteiger partial charge is 0.339 e. The quantitative estimate of drug-likeness (QED) is 0.0227. The summed E-state index contributed by atoms with van der Waals surface area (Å²) < 4.78 is 53.6. The van der Waals surface area contributed by atoms with Crippen molar-refractivity contribution in [3.63, 3.8) is 0 Å². The van der Waals surface area contributed by atoms with Gasteiger partial charge in [-0.05, 0) is 342 Å². The minimum absolute atomic E-state index is 0. The highest BCUT2D eigenvalue weighted by Gasteiger charge is 2.55. The molecule has 12 fully saturated rings. The number of nitrogens with zero attached hydrogens (tertiary/aromatic N) is 9. The van der Waals surface area contributed by atoms with Gasteiger partial charge >= 0.3 is 24.1 Å². The van der Waals surface area contributed by atoms with E-state index in [2.05, 4.69) is 103 Å². The summed E-state index contributed by atoms with van der Waals surface area (Å²) in [7, 11) is 1.87. The highest BCUT2D eigenvalue weighted by atomic mass is 19.1. The van der Waals surface area contributed by atoms with Crippen LogP contribution >= 0.6 is 0 Å². The number of halogens is 4. The number of hydrogen-bond donors (Lipinski definition) is 9. The van der Waals surface area contributed by atoms with Gasteiger partial charge in [0.25, 0.3) is 0 Å². The van der Waals surface area contributed by atoms with Gasteiger partial charge in [0.15, 0.2) is 0 Å². The van der Waals surface area contributed by atoms with E-state index in [1.54, 1.807) is 48.5 Å². The number of rotatable bonds is 22. The van der Waals surface area contributed by atoms with Crippen LogP contribution in [0.5, 0.6) is 0 Å². The van der Waals surface area contributed by atoms with Crippen LogP contribution in [0.2, 0.25) is 0 Å². The fourth-order valence-corrected chi connectivity index (χ4v) is 26.3. The summed E-state index contributed by atoms with van der Waals surface area (Å²) in [5, 5.41) is 40.8. The van der Waals surface area contributed by atoms with E-state index < -0.39 is 11.1 Å². The van der Waals surface area contributed by atoms with Crippen molar-refractivity contribution in [3.05, 3.63) is 287 Å². The second kappa shape index (κ2) is 47.6. The standard InChI is InChI=1S/C33H38FN5O2.C32H36FN5O2.2C27H35FN4O.7H2/c1-36-22-39(28-5-3-2-4-6-28)33(31(36)40)13-15-37(16-14-33)32(41)35-27-19-29-11-12-30(20-27)38(29)21-23-7-8-25-18-26(34)10-9-24(25)17-23;33-25-9-8-23-16-22(6-7-24(23)17-25)20-37-28-10-11-29(37)19-26(18-28)35-31(40)36-14-12-32(13-15-36)30(39)34-21-38(32)27-4-2-1-3-5-27;2*28-24-12-10-20(11-13-24)15-22-6-4-14-32(18-22)19-23-7-1-2-9-26(23)31-27(33)30-25-8-3-5-21(16-25)17-29;;;;;;;/h2-10,17-18,27,29-30H,11-16,19-22H2,1H3,(H,35,41);1-9,16-17,26,28-29H,10-15,18-21H2,(H,34,39)(H,35,40);2*3,5,8,10-13,16-17,22-23,26,29H,1-2,4,6-7,9,14-15,18-19H2,(H2,30,31,33);7*1H/t29-,30-;28-,29-;22-,23+,26-;22-,23-,26+;;;;;;;/m1110......./s1. The number of anilines is 4. The van der Waals surface area contributed by atoms with E-state index in [1.807, 2.05) is 155 Å². The molecule has 10 atom stereocenters. The van der Waals surface area contributed by atoms with Gasteiger partial charge in [-0.3, -0.25) is 19.4 Å². The number of carbonyl (C=O) groups excluding carboxylic acids is 6. The van der Waals surface area contributed by atoms with Crippen LogP contribution in [-0.4, -0.2) is 228 Å². The third kappa shape index (κ3) is 25.5. The first-order valence-corrected chi connectivity index (χ1v) is 54.0. The molecule has 10 aromatic carbocycles. The molecule has 10 aliphatic heterocycles. The molecule has 788 valence electrons. The van der Waals surface area contributed by atoms with Crippen molar-refractivity contribution in [1.29, 1.82) is 10.8 Å². The van der Waals surface area contributed by atoms with Crippen molar-refractivity contribution in [2.75, 3.05) is 106 Å². The molecule has 22 rings (SSSR count). The molecule has 10 aromatic rings. The number of para-hydroxylation sites is 2. The van der Waals surface area contributed by atoms with E-state index in [4.69, 9.17) is 10.8 Å². The first kappa shape index (κ1) is 103. The Hall–Kier alpha value is -12.8. The second-order valence-corrected chi connectivity index (χ2v) is 43.6. The van der Waals surface area contributed by atoms with E-state index in [-0.39, 0.29) is 93.4 Å². The maximum Gasteiger partial charge on any atom is 0.319 e. The van der Waals surface area contributed by atoms with Gasteiger partial charge < -0.3 is 82.3 Å². The van der Waals surface area contributed by atoms with Crippen molar-refractivity contribution in [3.8, 4) is 0 Å². The number of likely N-dealkylation sites (N-methyl/N-ethyl adjacent to an activating group) is 1. The van der Waals surface area contributed by atoms with Crippen LogP contribution < -0.4 is 47.0 Å². The lowest BCUT2D eigenvalue weighted by Gasteiger charge is -2.44. The molecule has 12 aliphatic rings. The third-order valence-electron chi connectivity index (χ3n) is 33.9. The number of hydrogen-bond acceptors (Lipinski definition) is 14. The maximum atomic E-state index is 13.6. The predicted molar refractivity (Wildman–Crippen MR) is 589 cm³/mol. The summed E-state index contributed by atoms with van der Waals surface area (Å²) in [6.45, 7) is 11.6. The van der Waals surface area contributed by atoms with Crippen molar-refractivity contribution in [2.24, 2.45) is 23.7 Å². The normalized spacial score (nSPS) is 24.9. The summed E-state index contributed by atoms with van der Waals surface area (Å²) >= 11 is 0. The number of likely N-dealkylation sites (tertiary alicyclic amines) is 4. The molecule has 10 heterocycles. The fraction of sp³-hybridized carbons (Fsp3) is 0.462. The van der Waals surface area contributed by atoms with Crippen LogP contribution in [0.25, 0.3) is 21.5 Å². The molecular weight excluding hydrogens is 1850 g/mol. The molecule has 2 aliphatic carbocycles. The van der Waals surface area contributed by atoms with Gasteiger partial charge in [-0.15, -0.1) is 0 Å². The molecule has 28 heteroatoms. The number of amides is 10. The van der Waals surface area contributed by atoms with Gasteiger partial charge in [-0.2, -0.15) is 0 Å². The summed E-state index contributed by atoms with van der Waals surface area (Å²) in [6.07, 6.45) is 29.5. The average molecular weight is 2010 g/mol. The van der Waals surface area contributed by atoms with Gasteiger partial charge in [-0.1, -0.05) is 147 Å². The minimum Gasteiger partial charge on any atom is -0.339 e. The second-order valence-electron chi connectivity index (χ2n) is 43.6. The van der Waals surface area contributed by atoms with Gasteiger partial charge in [0.1, 0.15) is 34.3 Å². The fourth-order valence-electron chi connectivity index (χ4n) is 26.3. The number of piperidine rings is 6. The smallest absolute Gasteiger partial charge is 0.319 e. The number of fused-ring (bicyclic) bond motifs is 6. The molecule has 9 N–H and O–H groups in total. The SMILES string of the molecule is CN1CN(c2ccccc2)C2(CCN(C(=O)NC3C[C@H]4CC[C@H](C3)N4Cc3ccc4cc(F)ccc4c3)CC2)C1=O.N=Cc1cccc(NC(=O)N[C@@H]2CCCC[C@H]2CN2CCC[C@@H](Cc3ccc(F)cc3)C2)c1.N=Cc1cccc(NC(=O)N[C@@H]2CCCC[C@H]2CN2CCC[C@H](Cc3ccc(F)cc3)C2)c1.O=C(NC1C[C@H]2CC[C@H](C1)N2Cc1ccc2cc(F)ccc2c1)N1CCC2(CC1)C(=O)NCN2c1ccccc1.[HH].[HH].[HH].[HH].[HH].[HH].[HH]. The van der Waals surface area contributed by atoms with Crippen LogP contribution in [0.4, 0.5) is 59.5 Å². The zero-order valence-corrected chi connectivity index (χ0v) is 84.8. The van der Waals surface area contributed by atoms with E-state index in [0.717, 1.165) is 199 Å². The average Bonchev–Trinajstić information content (AvgIpc) is 1.59. The van der Waals surface area contributed by atoms with E-state index >= 15 is 0 Å². The van der Waals surface area contributed by atoms with Crippen molar-refractivity contribution in [1.82, 2.24) is 60.9 Å². The van der Waals surface area contributed by atoms with Crippen LogP contribution in [0.3, 0.4) is 0 Å². The van der Waals surface area contributed by atoms with Crippen LogP contribution in [0.1, 0.15) is 197 Å². The number of carbonyl (C=O) groups is 6. The van der Waals surface area contributed by atoms with Gasteiger partial charge in [-0.25, -0.2) is 36.7 Å². The number of nitrogens with one attached hydrogen (secondary N) is 9. The molecular formula is C119H158F4N18O6. The Balaban J connectivity index is 0.000000180. The molecule has 0 aromatic heterocycles. The number of benzene rings is 10. The number of urea groups is 4. The van der Waals surface area contributed by atoms with Crippen LogP contribution in [-0.2, 0) is 35.5 Å². The highest BCUT2D eigenvalue weighted by Crippen LogP contribution is 2.44. The lowest BCUT2D eigenvalue weighted by atomic mass is 9.83. The molecule has 2 spiro atoms. The van der Waals surface area contributed by atoms with Crippen LogP contribution in [0, 0.1) is 57.8 Å². The monoisotopic (exact) mass is 2010 g/mol. The third-order valence-corrected chi connectivity index (χ3v) is 33.9. The summed E-state index contributed by atoms with van der Waals surface area (Å²) in [5.41, 5.74) is 8.82. The summed E-state index contributed by atoms with van der Waals surface area (Å²) in [4.78, 5) is 98.7. The Bertz CT molecular complexity index is 6070. The Labute approximate surface area is 872 Å². The maximum absolute atomic E-state index is 13.6. The molecule has 0 radical (unpaired) electrons. The lowest BCUT2D eigenvalue weighted by Crippen LogP contribution is -2.59. The molecule has 10 amide bonds. The molecule has 0 unspecified atom stereocenters. The molecule has 10 saturated heterocycles. The van der Waals surface area contributed by atoms with Gasteiger partial charge in [0, 0.05) is 166 Å². The van der Waals surface area contributed by atoms with E-state index in [9.17, 15) is 46.3 Å². The highest BCUT2D eigenvalue weighted by molar-refractivity contribution is 5.96. The summed E-state index contributed by atoms with van der Waals surface area (Å²) in [6, 6.07) is 73.5. The minimum atomic E-state index is -0.584.